The van der Waals surface area contributed by atoms with Gasteiger partial charge in [-0.3, -0.25) is 0 Å². The van der Waals surface area contributed by atoms with Crippen molar-refractivity contribution in [2.75, 3.05) is 30.4 Å². The smallest absolute Gasteiger partial charge is 0.345 e. The highest BCUT2D eigenvalue weighted by atomic mass is 19.2. The minimum atomic E-state index is -0.436. The Morgan fingerprint density at radius 3 is 2.93 bits per heavy atom. The number of aromatic nitrogens is 2. The fourth-order valence-corrected chi connectivity index (χ4v) is 3.80. The Bertz CT molecular complexity index is 999. The number of aliphatic imine (C=N–C) groups is 1. The minimum Gasteiger partial charge on any atom is -0.370 e. The topological polar surface area (TPSA) is 73.5 Å². The predicted molar refractivity (Wildman–Crippen MR) is 92.8 cm³/mol. The molecule has 1 aromatic carbocycles. The summed E-state index contributed by atoms with van der Waals surface area (Å²) < 4.78 is 25.1. The minimum absolute atomic E-state index is 0.117. The van der Waals surface area contributed by atoms with Gasteiger partial charge in [0.1, 0.15) is 18.9 Å². The first-order valence-corrected chi connectivity index (χ1v) is 8.73. The van der Waals surface area contributed by atoms with Crippen LogP contribution in [0.25, 0.3) is 0 Å². The van der Waals surface area contributed by atoms with Crippen LogP contribution in [-0.2, 0) is 10.3 Å². The van der Waals surface area contributed by atoms with Crippen LogP contribution in [0.15, 0.2) is 45.8 Å². The molecule has 0 saturated heterocycles. The second kappa shape index (κ2) is 4.97. The second-order valence-electron chi connectivity index (χ2n) is 6.91. The zero-order valence-corrected chi connectivity index (χ0v) is 14.5. The van der Waals surface area contributed by atoms with Gasteiger partial charge < -0.3 is 14.2 Å². The molecular formula is C17H16FN7O2. The lowest BCUT2D eigenvalue weighted by Crippen LogP contribution is -2.49. The number of hydrazine groups is 1. The number of ether oxygens (including phenoxy) is 1. The molecule has 1 aromatic heterocycles. The van der Waals surface area contributed by atoms with Gasteiger partial charge in [0.05, 0.1) is 11.9 Å². The number of nitrogens with zero attached hydrogens (tertiary/aromatic N) is 7. The van der Waals surface area contributed by atoms with Gasteiger partial charge in [-0.15, -0.1) is 0 Å². The maximum atomic E-state index is 14.1. The summed E-state index contributed by atoms with van der Waals surface area (Å²) >= 11 is 0. The molecule has 0 radical (unpaired) electrons. The Morgan fingerprint density at radius 1 is 1.26 bits per heavy atom. The van der Waals surface area contributed by atoms with Gasteiger partial charge in [0.2, 0.25) is 5.82 Å². The van der Waals surface area contributed by atoms with Crippen molar-refractivity contribution in [1.82, 2.24) is 20.3 Å². The lowest BCUT2D eigenvalue weighted by molar-refractivity contribution is 0.0689. The summed E-state index contributed by atoms with van der Waals surface area (Å²) in [5.74, 6) is 1.92. The van der Waals surface area contributed by atoms with E-state index in [1.807, 2.05) is 34.2 Å². The van der Waals surface area contributed by atoms with Gasteiger partial charge in [0.25, 0.3) is 0 Å². The zero-order chi connectivity index (χ0) is 18.2. The van der Waals surface area contributed by atoms with Gasteiger partial charge in [-0.05, 0) is 25.0 Å². The molecule has 4 heterocycles. The van der Waals surface area contributed by atoms with Gasteiger partial charge in [0, 0.05) is 12.7 Å². The molecule has 0 spiro atoms. The Labute approximate surface area is 153 Å². The van der Waals surface area contributed by atoms with E-state index in [1.165, 1.54) is 6.20 Å². The average molecular weight is 369 g/mol. The lowest BCUT2D eigenvalue weighted by atomic mass is 10.1. The van der Waals surface area contributed by atoms with Crippen LogP contribution in [0.5, 0.6) is 0 Å². The third kappa shape index (κ3) is 1.93. The summed E-state index contributed by atoms with van der Waals surface area (Å²) in [6.07, 6.45) is 3.19. The van der Waals surface area contributed by atoms with Crippen LogP contribution in [-0.4, -0.2) is 46.6 Å². The third-order valence-corrected chi connectivity index (χ3v) is 5.40. The highest BCUT2D eigenvalue weighted by Crippen LogP contribution is 2.48. The molecule has 10 heteroatoms. The van der Waals surface area contributed by atoms with E-state index in [1.54, 1.807) is 12.1 Å². The summed E-state index contributed by atoms with van der Waals surface area (Å²) in [5.41, 5.74) is 1.42. The SMILES string of the molecule is COC1(c2noc(N3CN=C4c5ccccc5N5CN(F)C=C5N43)n2)CC1. The van der Waals surface area contributed by atoms with E-state index < -0.39 is 5.60 Å². The van der Waals surface area contributed by atoms with E-state index in [9.17, 15) is 4.48 Å². The average Bonchev–Trinajstić information content (AvgIpc) is 3.03. The van der Waals surface area contributed by atoms with E-state index in [0.717, 1.165) is 29.9 Å². The largest absolute Gasteiger partial charge is 0.370 e. The number of halogens is 1. The Hall–Kier alpha value is -3.14. The first kappa shape index (κ1) is 15.0. The van der Waals surface area contributed by atoms with E-state index in [0.29, 0.717) is 29.5 Å². The third-order valence-electron chi connectivity index (χ3n) is 5.40. The van der Waals surface area contributed by atoms with Crippen molar-refractivity contribution >= 4 is 17.5 Å². The number of para-hydroxylation sites is 1. The summed E-state index contributed by atoms with van der Waals surface area (Å²) in [6, 6.07) is 8.13. The number of hydrogen-bond acceptors (Lipinski definition) is 9. The second-order valence-corrected chi connectivity index (χ2v) is 6.91. The molecule has 4 aliphatic rings. The van der Waals surface area contributed by atoms with Crippen molar-refractivity contribution in [2.24, 2.45) is 4.99 Å². The number of methoxy groups -OCH3 is 1. The van der Waals surface area contributed by atoms with E-state index >= 15 is 0 Å². The van der Waals surface area contributed by atoms with Crippen molar-refractivity contribution in [3.05, 3.63) is 47.7 Å². The van der Waals surface area contributed by atoms with Gasteiger partial charge in [0.15, 0.2) is 11.7 Å². The molecule has 9 nitrogen and oxygen atoms in total. The lowest BCUT2D eigenvalue weighted by Gasteiger charge is -2.38. The highest BCUT2D eigenvalue weighted by Gasteiger charge is 2.50. The molecule has 1 aliphatic carbocycles. The molecule has 1 fully saturated rings. The number of fused-ring (bicyclic) bond motifs is 6. The number of amidine groups is 1. The summed E-state index contributed by atoms with van der Waals surface area (Å²) in [6.45, 7) is 0.425. The molecule has 3 aliphatic heterocycles. The van der Waals surface area contributed by atoms with Crippen LogP contribution >= 0.6 is 0 Å². The first-order chi connectivity index (χ1) is 13.2. The van der Waals surface area contributed by atoms with Gasteiger partial charge in [-0.2, -0.15) is 10.1 Å². The van der Waals surface area contributed by atoms with Crippen molar-refractivity contribution < 1.29 is 13.7 Å². The van der Waals surface area contributed by atoms with Crippen LogP contribution in [0.3, 0.4) is 0 Å². The molecule has 0 bridgehead atoms. The van der Waals surface area contributed by atoms with Crippen molar-refractivity contribution in [1.29, 1.82) is 0 Å². The van der Waals surface area contributed by atoms with Crippen LogP contribution < -0.4 is 9.91 Å². The van der Waals surface area contributed by atoms with Crippen LogP contribution in [0.2, 0.25) is 0 Å². The van der Waals surface area contributed by atoms with Gasteiger partial charge >= 0.3 is 6.01 Å². The summed E-state index contributed by atoms with van der Waals surface area (Å²) in [4.78, 5) is 11.1. The highest BCUT2D eigenvalue weighted by molar-refractivity contribution is 6.08. The fraction of sp³-hybridized carbons (Fsp3) is 0.353. The van der Waals surface area contributed by atoms with E-state index in [2.05, 4.69) is 15.1 Å². The molecule has 0 unspecified atom stereocenters. The zero-order valence-electron chi connectivity index (χ0n) is 14.5. The molecule has 6 rings (SSSR count). The maximum Gasteiger partial charge on any atom is 0.345 e. The number of benzene rings is 1. The fourth-order valence-electron chi connectivity index (χ4n) is 3.80. The van der Waals surface area contributed by atoms with Gasteiger partial charge in [-0.25, -0.2) is 15.0 Å². The summed E-state index contributed by atoms with van der Waals surface area (Å²) in [7, 11) is 1.65. The Balaban J connectivity index is 1.42. The molecule has 138 valence electrons. The molecule has 2 aromatic rings. The normalized spacial score (nSPS) is 21.7. The standard InChI is InChI=1S/C17H16FN7O2/c1-26-17(6-7-17)15-20-16(27-21-15)24-9-19-14-11-4-2-3-5-12(11)23-10-22(18)8-13(23)25(14)24/h2-5,8H,6-7,9-10H2,1H3. The van der Waals surface area contributed by atoms with Crippen molar-refractivity contribution in [3.63, 3.8) is 0 Å². The Morgan fingerprint density at radius 2 is 2.11 bits per heavy atom. The molecule has 0 atom stereocenters. The summed E-state index contributed by atoms with van der Waals surface area (Å²) in [5, 5.41) is 8.33. The number of rotatable bonds is 3. The van der Waals surface area contributed by atoms with E-state index in [-0.39, 0.29) is 6.67 Å². The van der Waals surface area contributed by atoms with E-state index in [4.69, 9.17) is 9.26 Å². The van der Waals surface area contributed by atoms with Gasteiger partial charge in [-0.1, -0.05) is 21.8 Å². The molecule has 1 saturated carbocycles. The Kier molecular flexibility index (Phi) is 2.76. The molecule has 27 heavy (non-hydrogen) atoms. The maximum absolute atomic E-state index is 14.1. The van der Waals surface area contributed by atoms with Crippen molar-refractivity contribution in [2.45, 2.75) is 18.4 Å². The first-order valence-electron chi connectivity index (χ1n) is 8.73. The quantitative estimate of drug-likeness (QED) is 0.760. The molecule has 0 amide bonds. The molecule has 0 N–H and O–H groups in total. The van der Waals surface area contributed by atoms with Crippen LogP contribution in [0.1, 0.15) is 24.2 Å². The van der Waals surface area contributed by atoms with Crippen molar-refractivity contribution in [3.8, 4) is 0 Å². The van der Waals surface area contributed by atoms with Crippen LogP contribution in [0.4, 0.5) is 16.2 Å². The monoisotopic (exact) mass is 369 g/mol. The number of hydrogen-bond donors (Lipinski definition) is 0. The predicted octanol–water partition coefficient (Wildman–Crippen LogP) is 1.92. The number of anilines is 2. The van der Waals surface area contributed by atoms with Crippen LogP contribution in [0, 0.1) is 0 Å². The molecular weight excluding hydrogens is 353 g/mol.